The molecular weight excluding hydrogens is 253 g/mol. The van der Waals surface area contributed by atoms with Crippen molar-refractivity contribution in [2.24, 2.45) is 5.73 Å². The second kappa shape index (κ2) is 6.50. The number of hydrogen-bond acceptors (Lipinski definition) is 2. The van der Waals surface area contributed by atoms with Gasteiger partial charge in [-0.15, -0.1) is 0 Å². The minimum atomic E-state index is -1.25. The monoisotopic (exact) mass is 263 g/mol. The SMILES string of the molecule is CCN.O=C(O)c1ccc(Br)cc1F. The molecule has 0 atom stereocenters. The number of rotatable bonds is 1. The first-order valence-electron chi connectivity index (χ1n) is 3.91. The first-order valence-corrected chi connectivity index (χ1v) is 4.70. The van der Waals surface area contributed by atoms with Gasteiger partial charge in [-0.05, 0) is 24.7 Å². The van der Waals surface area contributed by atoms with Gasteiger partial charge in [0.1, 0.15) is 5.82 Å². The van der Waals surface area contributed by atoms with Crippen LogP contribution in [0.1, 0.15) is 17.3 Å². The number of carboxylic acids is 1. The molecule has 0 saturated heterocycles. The Bertz CT molecular complexity index is 318. The third-order valence-corrected chi connectivity index (χ3v) is 1.65. The number of benzene rings is 1. The van der Waals surface area contributed by atoms with Crippen LogP contribution in [0.4, 0.5) is 4.39 Å². The minimum Gasteiger partial charge on any atom is -0.478 e. The van der Waals surface area contributed by atoms with Crippen LogP contribution >= 0.6 is 15.9 Å². The fourth-order valence-electron chi connectivity index (χ4n) is 0.663. The summed E-state index contributed by atoms with van der Waals surface area (Å²) in [5.74, 6) is -1.98. The van der Waals surface area contributed by atoms with Crippen molar-refractivity contribution in [3.05, 3.63) is 34.1 Å². The summed E-state index contributed by atoms with van der Waals surface area (Å²) in [6, 6.07) is 3.80. The van der Waals surface area contributed by atoms with Crippen LogP contribution < -0.4 is 5.73 Å². The fourth-order valence-corrected chi connectivity index (χ4v) is 0.996. The van der Waals surface area contributed by atoms with Crippen LogP contribution in [0.2, 0.25) is 0 Å². The molecule has 0 aliphatic carbocycles. The smallest absolute Gasteiger partial charge is 0.338 e. The predicted octanol–water partition coefficient (Wildman–Crippen LogP) is 2.25. The van der Waals surface area contributed by atoms with Gasteiger partial charge in [-0.1, -0.05) is 22.9 Å². The Labute approximate surface area is 89.9 Å². The summed E-state index contributed by atoms with van der Waals surface area (Å²) in [4.78, 5) is 10.3. The van der Waals surface area contributed by atoms with Gasteiger partial charge in [0, 0.05) is 4.47 Å². The molecule has 0 fully saturated rings. The molecular formula is C9H11BrFNO2. The minimum absolute atomic E-state index is 0.312. The molecule has 3 nitrogen and oxygen atoms in total. The Morgan fingerprint density at radius 1 is 1.64 bits per heavy atom. The van der Waals surface area contributed by atoms with E-state index in [0.717, 1.165) is 12.6 Å². The lowest BCUT2D eigenvalue weighted by molar-refractivity contribution is 0.0692. The zero-order chi connectivity index (χ0) is 11.1. The van der Waals surface area contributed by atoms with Gasteiger partial charge < -0.3 is 10.8 Å². The van der Waals surface area contributed by atoms with Crippen LogP contribution in [0.15, 0.2) is 22.7 Å². The van der Waals surface area contributed by atoms with E-state index in [9.17, 15) is 9.18 Å². The number of halogens is 2. The summed E-state index contributed by atoms with van der Waals surface area (Å²) in [5, 5.41) is 8.40. The Balaban J connectivity index is 0.000000500. The molecule has 0 unspecified atom stereocenters. The summed E-state index contributed by atoms with van der Waals surface area (Å²) in [6.45, 7) is 2.65. The summed E-state index contributed by atoms with van der Waals surface area (Å²) in [5.41, 5.74) is 4.54. The molecule has 0 aliphatic rings. The zero-order valence-corrected chi connectivity index (χ0v) is 9.21. The maximum Gasteiger partial charge on any atom is 0.338 e. The number of aromatic carboxylic acids is 1. The quantitative estimate of drug-likeness (QED) is 0.817. The van der Waals surface area contributed by atoms with E-state index in [2.05, 4.69) is 15.9 Å². The molecule has 0 spiro atoms. The first-order chi connectivity index (χ1) is 6.52. The molecule has 1 aromatic rings. The van der Waals surface area contributed by atoms with E-state index in [-0.39, 0.29) is 5.56 Å². The highest BCUT2D eigenvalue weighted by Gasteiger charge is 2.08. The third kappa shape index (κ3) is 4.34. The Kier molecular flexibility index (Phi) is 6.07. The third-order valence-electron chi connectivity index (χ3n) is 1.16. The van der Waals surface area contributed by atoms with E-state index < -0.39 is 11.8 Å². The van der Waals surface area contributed by atoms with Crippen LogP contribution in [-0.4, -0.2) is 17.6 Å². The second-order valence-corrected chi connectivity index (χ2v) is 3.25. The van der Waals surface area contributed by atoms with Crippen LogP contribution in [-0.2, 0) is 0 Å². The highest BCUT2D eigenvalue weighted by Crippen LogP contribution is 2.14. The molecule has 0 saturated carbocycles. The number of hydrogen-bond donors (Lipinski definition) is 2. The maximum absolute atomic E-state index is 12.7. The van der Waals surface area contributed by atoms with Crippen molar-refractivity contribution >= 4 is 21.9 Å². The molecule has 0 aliphatic heterocycles. The highest BCUT2D eigenvalue weighted by atomic mass is 79.9. The van der Waals surface area contributed by atoms with Crippen molar-refractivity contribution in [3.63, 3.8) is 0 Å². The average Bonchev–Trinajstić information content (AvgIpc) is 2.04. The van der Waals surface area contributed by atoms with Gasteiger partial charge in [-0.2, -0.15) is 0 Å². The average molecular weight is 264 g/mol. The second-order valence-electron chi connectivity index (χ2n) is 2.34. The van der Waals surface area contributed by atoms with Gasteiger partial charge in [0.25, 0.3) is 0 Å². The van der Waals surface area contributed by atoms with Gasteiger partial charge >= 0.3 is 5.97 Å². The van der Waals surface area contributed by atoms with E-state index in [1.165, 1.54) is 12.1 Å². The molecule has 3 N–H and O–H groups in total. The lowest BCUT2D eigenvalue weighted by Gasteiger charge is -1.95. The summed E-state index contributed by atoms with van der Waals surface area (Å²) in [7, 11) is 0. The largest absolute Gasteiger partial charge is 0.478 e. The summed E-state index contributed by atoms with van der Waals surface area (Å²) in [6.07, 6.45) is 0. The molecule has 0 heterocycles. The number of carbonyl (C=O) groups is 1. The Morgan fingerprint density at radius 2 is 2.14 bits per heavy atom. The molecule has 0 aromatic heterocycles. The number of carboxylic acid groups (broad SMARTS) is 1. The molecule has 78 valence electrons. The zero-order valence-electron chi connectivity index (χ0n) is 7.63. The van der Waals surface area contributed by atoms with Crippen LogP contribution in [0, 0.1) is 5.82 Å². The van der Waals surface area contributed by atoms with Crippen molar-refractivity contribution in [1.29, 1.82) is 0 Å². The van der Waals surface area contributed by atoms with E-state index in [1.807, 2.05) is 6.92 Å². The van der Waals surface area contributed by atoms with Crippen LogP contribution in [0.25, 0.3) is 0 Å². The molecule has 1 rings (SSSR count). The van der Waals surface area contributed by atoms with Crippen molar-refractivity contribution in [1.82, 2.24) is 0 Å². The van der Waals surface area contributed by atoms with E-state index in [0.29, 0.717) is 4.47 Å². The van der Waals surface area contributed by atoms with E-state index >= 15 is 0 Å². The molecule has 14 heavy (non-hydrogen) atoms. The summed E-state index contributed by atoms with van der Waals surface area (Å²) >= 11 is 3.01. The maximum atomic E-state index is 12.7. The summed E-state index contributed by atoms with van der Waals surface area (Å²) < 4.78 is 13.2. The van der Waals surface area contributed by atoms with Crippen LogP contribution in [0.3, 0.4) is 0 Å². The Hall–Kier alpha value is -0.940. The molecule has 1 aromatic carbocycles. The van der Waals surface area contributed by atoms with Gasteiger partial charge in [0.05, 0.1) is 5.56 Å². The van der Waals surface area contributed by atoms with Gasteiger partial charge in [0.15, 0.2) is 0 Å². The van der Waals surface area contributed by atoms with Gasteiger partial charge in [0.2, 0.25) is 0 Å². The van der Waals surface area contributed by atoms with Crippen LogP contribution in [0.5, 0.6) is 0 Å². The first kappa shape index (κ1) is 13.1. The molecule has 0 bridgehead atoms. The lowest BCUT2D eigenvalue weighted by Crippen LogP contribution is -1.99. The van der Waals surface area contributed by atoms with Crippen molar-refractivity contribution < 1.29 is 14.3 Å². The molecule has 5 heteroatoms. The number of nitrogens with two attached hydrogens (primary N) is 1. The van der Waals surface area contributed by atoms with Crippen molar-refractivity contribution in [2.45, 2.75) is 6.92 Å². The van der Waals surface area contributed by atoms with E-state index in [1.54, 1.807) is 0 Å². The topological polar surface area (TPSA) is 63.3 Å². The molecule has 0 amide bonds. The molecule has 0 radical (unpaired) electrons. The van der Waals surface area contributed by atoms with Gasteiger partial charge in [-0.3, -0.25) is 0 Å². The van der Waals surface area contributed by atoms with Crippen molar-refractivity contribution in [3.8, 4) is 0 Å². The normalized spacial score (nSPS) is 8.86. The van der Waals surface area contributed by atoms with Crippen molar-refractivity contribution in [2.75, 3.05) is 6.54 Å². The lowest BCUT2D eigenvalue weighted by atomic mass is 10.2. The highest BCUT2D eigenvalue weighted by molar-refractivity contribution is 9.10. The standard InChI is InChI=1S/C7H4BrFO2.C2H7N/c8-4-1-2-5(7(10)11)6(9)3-4;1-2-3/h1-3H,(H,10,11);2-3H2,1H3. The fraction of sp³-hybridized carbons (Fsp3) is 0.222. The van der Waals surface area contributed by atoms with E-state index in [4.69, 9.17) is 10.8 Å². The van der Waals surface area contributed by atoms with Gasteiger partial charge in [-0.25, -0.2) is 9.18 Å². The Morgan fingerprint density at radius 3 is 2.50 bits per heavy atom. The predicted molar refractivity (Wildman–Crippen MR) is 55.8 cm³/mol.